The first kappa shape index (κ1) is 17.9. The van der Waals surface area contributed by atoms with E-state index < -0.39 is 0 Å². The maximum Gasteiger partial charge on any atom is 0.244 e. The van der Waals surface area contributed by atoms with Gasteiger partial charge in [-0.05, 0) is 30.7 Å². The van der Waals surface area contributed by atoms with Crippen LogP contribution in [0.2, 0.25) is 0 Å². The van der Waals surface area contributed by atoms with Gasteiger partial charge in [-0.1, -0.05) is 42.5 Å². The van der Waals surface area contributed by atoms with Gasteiger partial charge >= 0.3 is 0 Å². The number of rotatable bonds is 6. The van der Waals surface area contributed by atoms with E-state index in [-0.39, 0.29) is 5.91 Å². The molecule has 0 bridgehead atoms. The van der Waals surface area contributed by atoms with Crippen molar-refractivity contribution in [1.29, 1.82) is 0 Å². The maximum atomic E-state index is 12.1. The Kier molecular flexibility index (Phi) is 5.81. The lowest BCUT2D eigenvalue weighted by Gasteiger charge is -2.01. The summed E-state index contributed by atoms with van der Waals surface area (Å²) in [5, 5.41) is 3.89. The fourth-order valence-electron chi connectivity index (χ4n) is 2.41. The number of aromatic nitrogens is 1. The fourth-order valence-corrected chi connectivity index (χ4v) is 3.42. The topological polar surface area (TPSA) is 51.2 Å². The van der Waals surface area contributed by atoms with Gasteiger partial charge in [0.15, 0.2) is 0 Å². The largest absolute Gasteiger partial charge is 0.497 e. The summed E-state index contributed by atoms with van der Waals surface area (Å²) < 4.78 is 5.12. The van der Waals surface area contributed by atoms with Gasteiger partial charge in [-0.15, -0.1) is 11.3 Å². The molecule has 0 atom stereocenters. The molecule has 0 radical (unpaired) electrons. The molecule has 1 heterocycles. The Morgan fingerprint density at radius 3 is 2.58 bits per heavy atom. The molecule has 0 fully saturated rings. The molecule has 132 valence electrons. The third-order valence-electron chi connectivity index (χ3n) is 3.88. The second-order valence-corrected chi connectivity index (χ2v) is 6.80. The summed E-state index contributed by atoms with van der Waals surface area (Å²) >= 11 is 1.61. The minimum atomic E-state index is -0.130. The summed E-state index contributed by atoms with van der Waals surface area (Å²) in [7, 11) is 1.63. The normalized spacial score (nSPS) is 10.8. The number of hydrogen-bond donors (Lipinski definition) is 1. The van der Waals surface area contributed by atoms with Crippen molar-refractivity contribution < 1.29 is 9.53 Å². The number of carbonyl (C=O) groups excluding carboxylic acids is 1. The molecule has 1 aromatic heterocycles. The monoisotopic (exact) mass is 364 g/mol. The van der Waals surface area contributed by atoms with Crippen LogP contribution in [0.25, 0.3) is 16.6 Å². The van der Waals surface area contributed by atoms with Crippen LogP contribution in [0.4, 0.5) is 0 Å². The number of amides is 1. The Morgan fingerprint density at radius 2 is 1.88 bits per heavy atom. The Balaban J connectivity index is 1.59. The van der Waals surface area contributed by atoms with E-state index in [1.54, 1.807) is 24.5 Å². The molecule has 4 nitrogen and oxygen atoms in total. The van der Waals surface area contributed by atoms with Crippen molar-refractivity contribution >= 4 is 23.3 Å². The highest BCUT2D eigenvalue weighted by molar-refractivity contribution is 7.15. The van der Waals surface area contributed by atoms with E-state index in [0.717, 1.165) is 32.5 Å². The molecule has 0 spiro atoms. The molecular formula is C21H20N2O2S. The van der Waals surface area contributed by atoms with Crippen LogP contribution in [0.1, 0.15) is 16.1 Å². The number of methoxy groups -OCH3 is 1. The SMILES string of the molecule is COc1ccc(C=CC(=O)NCc2sc(-c3ccccc3)nc2C)cc1. The van der Waals surface area contributed by atoms with Crippen LogP contribution in [-0.4, -0.2) is 18.0 Å². The van der Waals surface area contributed by atoms with Crippen LogP contribution in [0.15, 0.2) is 60.7 Å². The molecule has 0 unspecified atom stereocenters. The van der Waals surface area contributed by atoms with Crippen LogP contribution in [0, 0.1) is 6.92 Å². The second-order valence-electron chi connectivity index (χ2n) is 5.72. The smallest absolute Gasteiger partial charge is 0.244 e. The summed E-state index contributed by atoms with van der Waals surface area (Å²) in [5.41, 5.74) is 2.99. The predicted molar refractivity (Wildman–Crippen MR) is 106 cm³/mol. The van der Waals surface area contributed by atoms with Crippen LogP contribution >= 0.6 is 11.3 Å². The minimum Gasteiger partial charge on any atom is -0.497 e. The minimum absolute atomic E-state index is 0.130. The highest BCUT2D eigenvalue weighted by atomic mass is 32.1. The molecule has 3 rings (SSSR count). The molecule has 1 N–H and O–H groups in total. The molecule has 1 amide bonds. The lowest BCUT2D eigenvalue weighted by atomic mass is 10.2. The van der Waals surface area contributed by atoms with E-state index in [0.29, 0.717) is 6.54 Å². The summed E-state index contributed by atoms with van der Waals surface area (Å²) in [6.45, 7) is 2.44. The van der Waals surface area contributed by atoms with Gasteiger partial charge in [-0.2, -0.15) is 0 Å². The van der Waals surface area contributed by atoms with Crippen molar-refractivity contribution in [2.45, 2.75) is 13.5 Å². The third kappa shape index (κ3) is 4.58. The molecule has 3 aromatic rings. The standard InChI is InChI=1S/C21H20N2O2S/c1-15-19(26-21(23-15)17-6-4-3-5-7-17)14-22-20(24)13-10-16-8-11-18(25-2)12-9-16/h3-13H,14H2,1-2H3,(H,22,24). The van der Waals surface area contributed by atoms with Crippen LogP contribution < -0.4 is 10.1 Å². The first-order valence-electron chi connectivity index (χ1n) is 8.27. The van der Waals surface area contributed by atoms with Crippen molar-refractivity contribution in [3.63, 3.8) is 0 Å². The molecule has 26 heavy (non-hydrogen) atoms. The highest BCUT2D eigenvalue weighted by Gasteiger charge is 2.09. The Hall–Kier alpha value is -2.92. The lowest BCUT2D eigenvalue weighted by molar-refractivity contribution is -0.116. The molecule has 5 heteroatoms. The van der Waals surface area contributed by atoms with E-state index >= 15 is 0 Å². The van der Waals surface area contributed by atoms with Gasteiger partial charge in [0, 0.05) is 16.5 Å². The van der Waals surface area contributed by atoms with E-state index in [4.69, 9.17) is 4.74 Å². The average molecular weight is 364 g/mol. The van der Waals surface area contributed by atoms with Crippen LogP contribution in [0.3, 0.4) is 0 Å². The van der Waals surface area contributed by atoms with E-state index in [1.807, 2.05) is 61.5 Å². The molecular weight excluding hydrogens is 344 g/mol. The number of ether oxygens (including phenoxy) is 1. The average Bonchev–Trinajstić information content (AvgIpc) is 3.06. The van der Waals surface area contributed by atoms with Crippen molar-refractivity contribution in [1.82, 2.24) is 10.3 Å². The van der Waals surface area contributed by atoms with E-state index in [9.17, 15) is 4.79 Å². The number of nitrogens with one attached hydrogen (secondary N) is 1. The Labute approximate surface area is 157 Å². The summed E-state index contributed by atoms with van der Waals surface area (Å²) in [5.74, 6) is 0.663. The summed E-state index contributed by atoms with van der Waals surface area (Å²) in [4.78, 5) is 17.7. The number of hydrogen-bond acceptors (Lipinski definition) is 4. The molecule has 0 aliphatic carbocycles. The quantitative estimate of drug-likeness (QED) is 0.657. The molecule has 0 saturated heterocycles. The maximum absolute atomic E-state index is 12.1. The van der Waals surface area contributed by atoms with Crippen molar-refractivity contribution in [2.75, 3.05) is 7.11 Å². The van der Waals surface area contributed by atoms with Crippen molar-refractivity contribution in [2.24, 2.45) is 0 Å². The van der Waals surface area contributed by atoms with Gasteiger partial charge in [-0.25, -0.2) is 4.98 Å². The van der Waals surface area contributed by atoms with Crippen molar-refractivity contribution in [3.8, 4) is 16.3 Å². The Morgan fingerprint density at radius 1 is 1.15 bits per heavy atom. The summed E-state index contributed by atoms with van der Waals surface area (Å²) in [6, 6.07) is 17.6. The highest BCUT2D eigenvalue weighted by Crippen LogP contribution is 2.27. The van der Waals surface area contributed by atoms with Crippen LogP contribution in [-0.2, 0) is 11.3 Å². The fraction of sp³-hybridized carbons (Fsp3) is 0.143. The number of benzene rings is 2. The zero-order valence-corrected chi connectivity index (χ0v) is 15.5. The lowest BCUT2D eigenvalue weighted by Crippen LogP contribution is -2.20. The first-order valence-corrected chi connectivity index (χ1v) is 9.09. The van der Waals surface area contributed by atoms with Gasteiger partial charge in [0.1, 0.15) is 10.8 Å². The third-order valence-corrected chi connectivity index (χ3v) is 5.09. The number of carbonyl (C=O) groups is 1. The number of nitrogens with zero attached hydrogens (tertiary/aromatic N) is 1. The zero-order valence-electron chi connectivity index (χ0n) is 14.7. The van der Waals surface area contributed by atoms with Gasteiger partial charge in [0.25, 0.3) is 0 Å². The zero-order chi connectivity index (χ0) is 18.4. The number of thiazole rings is 1. The van der Waals surface area contributed by atoms with E-state index in [2.05, 4.69) is 10.3 Å². The summed E-state index contributed by atoms with van der Waals surface area (Å²) in [6.07, 6.45) is 3.32. The second kappa shape index (κ2) is 8.45. The predicted octanol–water partition coefficient (Wildman–Crippen LogP) is 4.46. The molecule has 0 saturated carbocycles. The molecule has 0 aliphatic rings. The van der Waals surface area contributed by atoms with Gasteiger partial charge in [0.05, 0.1) is 19.3 Å². The van der Waals surface area contributed by atoms with Crippen molar-refractivity contribution in [3.05, 3.63) is 76.8 Å². The molecule has 2 aromatic carbocycles. The van der Waals surface area contributed by atoms with Gasteiger partial charge in [-0.3, -0.25) is 4.79 Å². The van der Waals surface area contributed by atoms with E-state index in [1.165, 1.54) is 6.08 Å². The Bertz CT molecular complexity index is 900. The molecule has 0 aliphatic heterocycles. The van der Waals surface area contributed by atoms with Gasteiger partial charge < -0.3 is 10.1 Å². The first-order chi connectivity index (χ1) is 12.7. The van der Waals surface area contributed by atoms with Crippen LogP contribution in [0.5, 0.6) is 5.75 Å². The number of aryl methyl sites for hydroxylation is 1. The van der Waals surface area contributed by atoms with Gasteiger partial charge in [0.2, 0.25) is 5.91 Å².